The number of carbonyl (C=O) groups excluding carboxylic acids is 1. The summed E-state index contributed by atoms with van der Waals surface area (Å²) in [5.41, 5.74) is 2.04. The highest BCUT2D eigenvalue weighted by atomic mass is 32.2. The van der Waals surface area contributed by atoms with Crippen LogP contribution in [0.2, 0.25) is 0 Å². The number of nitrogens with one attached hydrogen (secondary N) is 1. The van der Waals surface area contributed by atoms with E-state index in [0.717, 1.165) is 46.2 Å². The number of benzene rings is 1. The summed E-state index contributed by atoms with van der Waals surface area (Å²) in [4.78, 5) is 21.5. The van der Waals surface area contributed by atoms with E-state index in [9.17, 15) is 4.79 Å². The lowest BCUT2D eigenvalue weighted by Gasteiger charge is -2.31. The molecule has 27 heavy (non-hydrogen) atoms. The van der Waals surface area contributed by atoms with Crippen LogP contribution >= 0.6 is 23.1 Å². The first-order valence-corrected chi connectivity index (χ1v) is 10.9. The van der Waals surface area contributed by atoms with Crippen molar-refractivity contribution in [2.24, 2.45) is 5.92 Å². The molecule has 0 bridgehead atoms. The van der Waals surface area contributed by atoms with Crippen molar-refractivity contribution in [3.8, 4) is 0 Å². The van der Waals surface area contributed by atoms with Gasteiger partial charge in [0.2, 0.25) is 5.91 Å². The molecular weight excluding hydrogens is 378 g/mol. The average molecular weight is 400 g/mol. The highest BCUT2D eigenvalue weighted by molar-refractivity contribution is 8.01. The highest BCUT2D eigenvalue weighted by Gasteiger charge is 2.27. The van der Waals surface area contributed by atoms with Crippen LogP contribution in [0.5, 0.6) is 0 Å². The van der Waals surface area contributed by atoms with Gasteiger partial charge in [-0.3, -0.25) is 9.78 Å². The summed E-state index contributed by atoms with van der Waals surface area (Å²) in [6.45, 7) is 1.50. The molecule has 0 radical (unpaired) electrons. The van der Waals surface area contributed by atoms with Crippen LogP contribution in [0.25, 0.3) is 10.2 Å². The van der Waals surface area contributed by atoms with Gasteiger partial charge in [0.1, 0.15) is 0 Å². The Morgan fingerprint density at radius 1 is 1.26 bits per heavy atom. The average Bonchev–Trinajstić information content (AvgIpc) is 3.15. The second-order valence-corrected chi connectivity index (χ2v) is 8.77. The minimum absolute atomic E-state index is 0.0222. The number of thiazole rings is 1. The number of rotatable bonds is 6. The van der Waals surface area contributed by atoms with Gasteiger partial charge >= 0.3 is 0 Å². The van der Waals surface area contributed by atoms with Crippen LogP contribution in [-0.4, -0.2) is 34.8 Å². The zero-order valence-corrected chi connectivity index (χ0v) is 16.5. The van der Waals surface area contributed by atoms with E-state index in [1.165, 1.54) is 11.8 Å². The minimum Gasteiger partial charge on any atom is -0.381 e. The number of carbonyl (C=O) groups is 1. The van der Waals surface area contributed by atoms with E-state index in [4.69, 9.17) is 4.74 Å². The van der Waals surface area contributed by atoms with Crippen molar-refractivity contribution in [1.29, 1.82) is 0 Å². The third kappa shape index (κ3) is 4.66. The van der Waals surface area contributed by atoms with E-state index in [2.05, 4.69) is 21.4 Å². The van der Waals surface area contributed by atoms with Crippen LogP contribution in [-0.2, 0) is 9.53 Å². The van der Waals surface area contributed by atoms with Crippen molar-refractivity contribution in [3.63, 3.8) is 0 Å². The molecule has 1 aliphatic rings. The fourth-order valence-electron chi connectivity index (χ4n) is 3.34. The monoisotopic (exact) mass is 399 g/mol. The molecule has 2 aromatic heterocycles. The summed E-state index contributed by atoms with van der Waals surface area (Å²) in [7, 11) is 0. The molecule has 0 spiro atoms. The Bertz CT molecular complexity index is 861. The standard InChI is InChI=1S/C20H21N3O2S2/c24-18(13-26-20-22-16-5-1-2-6-17(16)27-20)23-19(14-7-10-25-11-8-14)15-4-3-9-21-12-15/h1-6,9,12,14,19H,7-8,10-11,13H2,(H,23,24)/t19-/m1/s1. The number of hydrogen-bond donors (Lipinski definition) is 1. The third-order valence-electron chi connectivity index (χ3n) is 4.70. The maximum atomic E-state index is 12.7. The highest BCUT2D eigenvalue weighted by Crippen LogP contribution is 2.31. The summed E-state index contributed by atoms with van der Waals surface area (Å²) in [5, 5.41) is 3.23. The number of hydrogen-bond acceptors (Lipinski definition) is 6. The lowest BCUT2D eigenvalue weighted by molar-refractivity contribution is -0.120. The number of nitrogens with zero attached hydrogens (tertiary/aromatic N) is 2. The van der Waals surface area contributed by atoms with Crippen molar-refractivity contribution in [3.05, 3.63) is 54.4 Å². The topological polar surface area (TPSA) is 64.1 Å². The van der Waals surface area contributed by atoms with Crippen molar-refractivity contribution in [2.45, 2.75) is 23.2 Å². The van der Waals surface area contributed by atoms with Crippen molar-refractivity contribution in [2.75, 3.05) is 19.0 Å². The Kier molecular flexibility index (Phi) is 6.01. The molecule has 4 rings (SSSR count). The molecule has 0 unspecified atom stereocenters. The molecule has 1 fully saturated rings. The van der Waals surface area contributed by atoms with Gasteiger partial charge < -0.3 is 10.1 Å². The van der Waals surface area contributed by atoms with Gasteiger partial charge in [-0.1, -0.05) is 30.0 Å². The molecule has 1 aliphatic heterocycles. The number of fused-ring (bicyclic) bond motifs is 1. The van der Waals surface area contributed by atoms with Crippen molar-refractivity contribution >= 4 is 39.2 Å². The van der Waals surface area contributed by atoms with E-state index >= 15 is 0 Å². The zero-order chi connectivity index (χ0) is 18.5. The largest absolute Gasteiger partial charge is 0.381 e. The molecule has 1 atom stereocenters. The van der Waals surface area contributed by atoms with E-state index in [-0.39, 0.29) is 11.9 Å². The normalized spacial score (nSPS) is 16.3. The molecule has 140 valence electrons. The first kappa shape index (κ1) is 18.4. The fourth-order valence-corrected chi connectivity index (χ4v) is 5.22. The van der Waals surface area contributed by atoms with Crippen molar-refractivity contribution < 1.29 is 9.53 Å². The van der Waals surface area contributed by atoms with Gasteiger partial charge in [-0.25, -0.2) is 4.98 Å². The molecule has 1 aromatic carbocycles. The maximum Gasteiger partial charge on any atom is 0.230 e. The molecule has 0 aliphatic carbocycles. The summed E-state index contributed by atoms with van der Waals surface area (Å²) in [6.07, 6.45) is 5.51. The Morgan fingerprint density at radius 3 is 2.89 bits per heavy atom. The number of pyridine rings is 1. The molecule has 0 saturated carbocycles. The third-order valence-corrected chi connectivity index (χ3v) is 6.88. The summed E-state index contributed by atoms with van der Waals surface area (Å²) < 4.78 is 7.56. The number of aromatic nitrogens is 2. The van der Waals surface area contributed by atoms with Crippen LogP contribution < -0.4 is 5.32 Å². The lowest BCUT2D eigenvalue weighted by Crippen LogP contribution is -2.37. The number of amides is 1. The fraction of sp³-hybridized carbons (Fsp3) is 0.350. The van der Waals surface area contributed by atoms with Crippen molar-refractivity contribution in [1.82, 2.24) is 15.3 Å². The summed E-state index contributed by atoms with van der Waals surface area (Å²) in [5.74, 6) is 0.763. The Hall–Kier alpha value is -1.96. The lowest BCUT2D eigenvalue weighted by atomic mass is 9.87. The summed E-state index contributed by atoms with van der Waals surface area (Å²) >= 11 is 3.12. The first-order chi connectivity index (χ1) is 13.3. The number of thioether (sulfide) groups is 1. The zero-order valence-electron chi connectivity index (χ0n) is 14.8. The van der Waals surface area contributed by atoms with Crippen LogP contribution in [0.15, 0.2) is 53.1 Å². The number of ether oxygens (including phenoxy) is 1. The predicted molar refractivity (Wildman–Crippen MR) is 109 cm³/mol. The van der Waals surface area contributed by atoms with Crippen LogP contribution in [0.1, 0.15) is 24.4 Å². The van der Waals surface area contributed by atoms with Gasteiger partial charge in [0.05, 0.1) is 22.0 Å². The molecule has 1 saturated heterocycles. The van der Waals surface area contributed by atoms with Gasteiger partial charge in [-0.2, -0.15) is 0 Å². The quantitative estimate of drug-likeness (QED) is 0.633. The molecule has 3 heterocycles. The molecular formula is C20H21N3O2S2. The predicted octanol–water partition coefficient (Wildman–Crippen LogP) is 4.07. The van der Waals surface area contributed by atoms with Crippen LogP contribution in [0.4, 0.5) is 0 Å². The van der Waals surface area contributed by atoms with Gasteiger partial charge in [0, 0.05) is 25.6 Å². The van der Waals surface area contributed by atoms with E-state index < -0.39 is 0 Å². The smallest absolute Gasteiger partial charge is 0.230 e. The molecule has 5 nitrogen and oxygen atoms in total. The van der Waals surface area contributed by atoms with E-state index in [1.54, 1.807) is 17.5 Å². The minimum atomic E-state index is -0.0222. The second-order valence-electron chi connectivity index (χ2n) is 6.52. The van der Waals surface area contributed by atoms with Crippen LogP contribution in [0, 0.1) is 5.92 Å². The molecule has 7 heteroatoms. The summed E-state index contributed by atoms with van der Waals surface area (Å²) in [6, 6.07) is 12.0. The first-order valence-electron chi connectivity index (χ1n) is 9.05. The molecule has 1 N–H and O–H groups in total. The van der Waals surface area contributed by atoms with Gasteiger partial charge in [-0.05, 0) is 42.5 Å². The van der Waals surface area contributed by atoms with Crippen LogP contribution in [0.3, 0.4) is 0 Å². The van der Waals surface area contributed by atoms with E-state index in [1.807, 2.05) is 36.5 Å². The van der Waals surface area contributed by atoms with Gasteiger partial charge in [0.25, 0.3) is 0 Å². The SMILES string of the molecule is O=C(CSc1nc2ccccc2s1)N[C@@H](c1cccnc1)C1CCOCC1. The number of para-hydroxylation sites is 1. The second kappa shape index (κ2) is 8.82. The molecule has 3 aromatic rings. The Balaban J connectivity index is 1.41. The van der Waals surface area contributed by atoms with Gasteiger partial charge in [0.15, 0.2) is 4.34 Å². The Morgan fingerprint density at radius 2 is 2.11 bits per heavy atom. The Labute approximate surface area is 166 Å². The maximum absolute atomic E-state index is 12.7. The van der Waals surface area contributed by atoms with Gasteiger partial charge in [-0.15, -0.1) is 11.3 Å². The van der Waals surface area contributed by atoms with E-state index in [0.29, 0.717) is 11.7 Å². The molecule has 1 amide bonds.